The van der Waals surface area contributed by atoms with E-state index in [9.17, 15) is 4.79 Å². The number of carbonyl (C=O) groups excluding carboxylic acids is 1. The SMILES string of the molecule is N#Cc1ccc(COC(=O)Nc2cccs2)cc1. The van der Waals surface area contributed by atoms with Crippen molar-refractivity contribution >= 4 is 22.4 Å². The van der Waals surface area contributed by atoms with E-state index in [0.717, 1.165) is 10.6 Å². The highest BCUT2D eigenvalue weighted by atomic mass is 32.1. The molecule has 0 atom stereocenters. The zero-order valence-electron chi connectivity index (χ0n) is 9.42. The summed E-state index contributed by atoms with van der Waals surface area (Å²) in [4.78, 5) is 11.4. The maximum absolute atomic E-state index is 11.4. The van der Waals surface area contributed by atoms with E-state index in [1.54, 1.807) is 30.3 Å². The molecule has 2 rings (SSSR count). The predicted molar refractivity (Wildman–Crippen MR) is 69.3 cm³/mol. The van der Waals surface area contributed by atoms with Crippen LogP contribution in [0.1, 0.15) is 11.1 Å². The number of benzene rings is 1. The Morgan fingerprint density at radius 2 is 2.11 bits per heavy atom. The number of anilines is 1. The van der Waals surface area contributed by atoms with Gasteiger partial charge in [0, 0.05) is 0 Å². The van der Waals surface area contributed by atoms with Gasteiger partial charge in [0.1, 0.15) is 6.61 Å². The van der Waals surface area contributed by atoms with Crippen molar-refractivity contribution < 1.29 is 9.53 Å². The number of hydrogen-bond donors (Lipinski definition) is 1. The molecule has 18 heavy (non-hydrogen) atoms. The molecule has 0 fully saturated rings. The number of rotatable bonds is 3. The van der Waals surface area contributed by atoms with E-state index in [4.69, 9.17) is 10.00 Å². The Labute approximate surface area is 108 Å². The standard InChI is InChI=1S/C13H10N2O2S/c14-8-10-3-5-11(6-4-10)9-17-13(16)15-12-2-1-7-18-12/h1-7H,9H2,(H,15,16). The van der Waals surface area contributed by atoms with Gasteiger partial charge in [0.15, 0.2) is 0 Å². The maximum Gasteiger partial charge on any atom is 0.412 e. The minimum Gasteiger partial charge on any atom is -0.444 e. The lowest BCUT2D eigenvalue weighted by molar-refractivity contribution is 0.155. The molecule has 0 saturated carbocycles. The Kier molecular flexibility index (Phi) is 3.94. The number of carbonyl (C=O) groups is 1. The monoisotopic (exact) mass is 258 g/mol. The molecule has 5 heteroatoms. The minimum atomic E-state index is -0.484. The first-order valence-electron chi connectivity index (χ1n) is 5.24. The lowest BCUT2D eigenvalue weighted by Gasteiger charge is -2.05. The van der Waals surface area contributed by atoms with Crippen LogP contribution in [0.3, 0.4) is 0 Å². The van der Waals surface area contributed by atoms with Crippen LogP contribution in [0.5, 0.6) is 0 Å². The van der Waals surface area contributed by atoms with Crippen LogP contribution < -0.4 is 5.32 Å². The molecule has 0 unspecified atom stereocenters. The molecule has 1 aromatic carbocycles. The average Bonchev–Trinajstić information content (AvgIpc) is 2.90. The Bertz CT molecular complexity index is 556. The van der Waals surface area contributed by atoms with E-state index < -0.39 is 6.09 Å². The second-order valence-electron chi connectivity index (χ2n) is 3.49. The number of amides is 1. The minimum absolute atomic E-state index is 0.183. The molecule has 1 amide bonds. The third-order valence-corrected chi connectivity index (χ3v) is 2.98. The fraction of sp³-hybridized carbons (Fsp3) is 0.0769. The molecule has 1 aromatic heterocycles. The summed E-state index contributed by atoms with van der Waals surface area (Å²) in [5.74, 6) is 0. The fourth-order valence-electron chi connectivity index (χ4n) is 1.31. The van der Waals surface area contributed by atoms with Gasteiger partial charge in [-0.15, -0.1) is 11.3 Å². The van der Waals surface area contributed by atoms with Crippen molar-refractivity contribution in [3.8, 4) is 6.07 Å². The van der Waals surface area contributed by atoms with Crippen molar-refractivity contribution in [2.75, 3.05) is 5.32 Å². The third-order valence-electron chi connectivity index (χ3n) is 2.20. The van der Waals surface area contributed by atoms with Crippen LogP contribution in [0.15, 0.2) is 41.8 Å². The molecule has 1 heterocycles. The summed E-state index contributed by atoms with van der Waals surface area (Å²) in [6.07, 6.45) is -0.484. The number of nitriles is 1. The molecular formula is C13H10N2O2S. The summed E-state index contributed by atoms with van der Waals surface area (Å²) in [5, 5.41) is 13.9. The molecule has 0 radical (unpaired) electrons. The second kappa shape index (κ2) is 5.84. The first-order valence-corrected chi connectivity index (χ1v) is 6.12. The number of ether oxygens (including phenoxy) is 1. The Morgan fingerprint density at radius 3 is 2.72 bits per heavy atom. The highest BCUT2D eigenvalue weighted by Gasteiger charge is 2.04. The van der Waals surface area contributed by atoms with Gasteiger partial charge in [0.25, 0.3) is 0 Å². The zero-order valence-corrected chi connectivity index (χ0v) is 10.2. The van der Waals surface area contributed by atoms with Gasteiger partial charge in [-0.3, -0.25) is 5.32 Å². The average molecular weight is 258 g/mol. The molecule has 1 N–H and O–H groups in total. The highest BCUT2D eigenvalue weighted by molar-refractivity contribution is 7.14. The van der Waals surface area contributed by atoms with Crippen LogP contribution in [0, 0.1) is 11.3 Å². The van der Waals surface area contributed by atoms with Crippen molar-refractivity contribution in [1.82, 2.24) is 0 Å². The Morgan fingerprint density at radius 1 is 1.33 bits per heavy atom. The lowest BCUT2D eigenvalue weighted by atomic mass is 10.2. The smallest absolute Gasteiger partial charge is 0.412 e. The van der Waals surface area contributed by atoms with Gasteiger partial charge in [0.2, 0.25) is 0 Å². The third kappa shape index (κ3) is 3.34. The van der Waals surface area contributed by atoms with E-state index >= 15 is 0 Å². The zero-order chi connectivity index (χ0) is 12.8. The van der Waals surface area contributed by atoms with Crippen LogP contribution >= 0.6 is 11.3 Å². The van der Waals surface area contributed by atoms with E-state index in [2.05, 4.69) is 5.32 Å². The predicted octanol–water partition coefficient (Wildman–Crippen LogP) is 3.37. The molecule has 4 nitrogen and oxygen atoms in total. The number of thiophene rings is 1. The molecule has 0 spiro atoms. The van der Waals surface area contributed by atoms with Crippen LogP contribution in [0.4, 0.5) is 9.80 Å². The highest BCUT2D eigenvalue weighted by Crippen LogP contribution is 2.15. The molecular weight excluding hydrogens is 248 g/mol. The normalized spacial score (nSPS) is 9.50. The van der Waals surface area contributed by atoms with Crippen LogP contribution in [0.25, 0.3) is 0 Å². The summed E-state index contributed by atoms with van der Waals surface area (Å²) in [5.41, 5.74) is 1.43. The van der Waals surface area contributed by atoms with E-state index in [0.29, 0.717) is 5.56 Å². The summed E-state index contributed by atoms with van der Waals surface area (Å²) < 4.78 is 5.05. The molecule has 0 aliphatic carbocycles. The summed E-state index contributed by atoms with van der Waals surface area (Å²) in [6, 6.07) is 12.6. The number of nitrogens with zero attached hydrogens (tertiary/aromatic N) is 1. The largest absolute Gasteiger partial charge is 0.444 e. The number of nitrogens with one attached hydrogen (secondary N) is 1. The van der Waals surface area contributed by atoms with Gasteiger partial charge in [-0.1, -0.05) is 12.1 Å². The van der Waals surface area contributed by atoms with Gasteiger partial charge in [-0.05, 0) is 35.2 Å². The van der Waals surface area contributed by atoms with Crippen LogP contribution in [-0.4, -0.2) is 6.09 Å². The van der Waals surface area contributed by atoms with Gasteiger partial charge in [0.05, 0.1) is 16.6 Å². The Hall–Kier alpha value is -2.32. The van der Waals surface area contributed by atoms with Gasteiger partial charge in [-0.25, -0.2) is 4.79 Å². The Balaban J connectivity index is 1.83. The van der Waals surface area contributed by atoms with Crippen molar-refractivity contribution in [2.45, 2.75) is 6.61 Å². The van der Waals surface area contributed by atoms with E-state index in [1.807, 2.05) is 17.5 Å². The maximum atomic E-state index is 11.4. The molecule has 90 valence electrons. The molecule has 2 aromatic rings. The van der Waals surface area contributed by atoms with Crippen LogP contribution in [0.2, 0.25) is 0 Å². The van der Waals surface area contributed by atoms with Crippen LogP contribution in [-0.2, 0) is 11.3 Å². The quantitative estimate of drug-likeness (QED) is 0.918. The first kappa shape index (κ1) is 12.1. The van der Waals surface area contributed by atoms with Gasteiger partial charge < -0.3 is 4.74 Å². The topological polar surface area (TPSA) is 62.1 Å². The summed E-state index contributed by atoms with van der Waals surface area (Å²) in [7, 11) is 0. The second-order valence-corrected chi connectivity index (χ2v) is 4.43. The van der Waals surface area contributed by atoms with Crippen molar-refractivity contribution in [1.29, 1.82) is 5.26 Å². The molecule has 0 bridgehead atoms. The van der Waals surface area contributed by atoms with Gasteiger partial charge >= 0.3 is 6.09 Å². The molecule has 0 aliphatic rings. The molecule has 0 saturated heterocycles. The van der Waals surface area contributed by atoms with Crippen molar-refractivity contribution in [2.24, 2.45) is 0 Å². The first-order chi connectivity index (χ1) is 8.78. The van der Waals surface area contributed by atoms with Crippen molar-refractivity contribution in [3.05, 3.63) is 52.9 Å². The lowest BCUT2D eigenvalue weighted by Crippen LogP contribution is -2.12. The molecule has 0 aliphatic heterocycles. The fourth-order valence-corrected chi connectivity index (χ4v) is 1.91. The summed E-state index contributed by atoms with van der Waals surface area (Å²) >= 11 is 1.43. The van der Waals surface area contributed by atoms with E-state index in [1.165, 1.54) is 11.3 Å². The number of hydrogen-bond acceptors (Lipinski definition) is 4. The van der Waals surface area contributed by atoms with Crippen molar-refractivity contribution in [3.63, 3.8) is 0 Å². The summed E-state index contributed by atoms with van der Waals surface area (Å²) in [6.45, 7) is 0.183. The van der Waals surface area contributed by atoms with Gasteiger partial charge in [-0.2, -0.15) is 5.26 Å². The van der Waals surface area contributed by atoms with E-state index in [-0.39, 0.29) is 6.61 Å².